The Kier molecular flexibility index (Phi) is 4.90. The average molecular weight is 294 g/mol. The monoisotopic (exact) mass is 294 g/mol. The summed E-state index contributed by atoms with van der Waals surface area (Å²) in [6.07, 6.45) is 3.63. The van der Waals surface area contributed by atoms with Crippen LogP contribution in [-0.2, 0) is 4.79 Å². The van der Waals surface area contributed by atoms with Gasteiger partial charge >= 0.3 is 5.97 Å². The van der Waals surface area contributed by atoms with Gasteiger partial charge in [0, 0.05) is 5.92 Å². The van der Waals surface area contributed by atoms with E-state index in [9.17, 15) is 14.0 Å². The van der Waals surface area contributed by atoms with Gasteiger partial charge in [-0.05, 0) is 43.5 Å². The minimum Gasteiger partial charge on any atom is -0.478 e. The normalized spacial score (nSPS) is 21.8. The van der Waals surface area contributed by atoms with Crippen LogP contribution < -0.4 is 11.1 Å². The zero-order valence-corrected chi connectivity index (χ0v) is 11.6. The Morgan fingerprint density at radius 2 is 2.05 bits per heavy atom. The molecule has 1 aliphatic carbocycles. The summed E-state index contributed by atoms with van der Waals surface area (Å²) in [4.78, 5) is 23.2. The number of rotatable bonds is 4. The highest BCUT2D eigenvalue weighted by molar-refractivity contribution is 5.95. The summed E-state index contributed by atoms with van der Waals surface area (Å²) in [5, 5.41) is 11.4. The first kappa shape index (κ1) is 15.4. The Bertz CT molecular complexity index is 548. The zero-order chi connectivity index (χ0) is 15.4. The lowest BCUT2D eigenvalue weighted by Gasteiger charge is -2.29. The molecule has 1 saturated carbocycles. The van der Waals surface area contributed by atoms with Crippen LogP contribution in [0.15, 0.2) is 18.2 Å². The van der Waals surface area contributed by atoms with E-state index in [4.69, 9.17) is 10.8 Å². The summed E-state index contributed by atoms with van der Waals surface area (Å²) in [5.74, 6) is -2.23. The van der Waals surface area contributed by atoms with E-state index in [2.05, 4.69) is 5.32 Å². The van der Waals surface area contributed by atoms with Crippen LogP contribution in [0.4, 0.5) is 10.1 Å². The van der Waals surface area contributed by atoms with E-state index in [0.717, 1.165) is 43.9 Å². The van der Waals surface area contributed by atoms with E-state index < -0.39 is 11.8 Å². The van der Waals surface area contributed by atoms with Gasteiger partial charge in [0.15, 0.2) is 0 Å². The van der Waals surface area contributed by atoms with Crippen molar-refractivity contribution in [1.82, 2.24) is 0 Å². The molecular weight excluding hydrogens is 275 g/mol. The second kappa shape index (κ2) is 6.67. The maximum absolute atomic E-state index is 13.7. The van der Waals surface area contributed by atoms with Gasteiger partial charge in [0.05, 0.1) is 11.3 Å². The molecule has 2 atom stereocenters. The maximum Gasteiger partial charge on any atom is 0.335 e. The minimum absolute atomic E-state index is 0.0641. The molecule has 0 bridgehead atoms. The van der Waals surface area contributed by atoms with Gasteiger partial charge in [-0.3, -0.25) is 4.79 Å². The van der Waals surface area contributed by atoms with Gasteiger partial charge in [0.1, 0.15) is 5.82 Å². The van der Waals surface area contributed by atoms with Crippen LogP contribution >= 0.6 is 0 Å². The first-order chi connectivity index (χ1) is 10.0. The van der Waals surface area contributed by atoms with Crippen LogP contribution in [0.1, 0.15) is 36.0 Å². The molecule has 0 aromatic heterocycles. The SMILES string of the molecule is NCC1CCCCC1C(=O)Nc1cc(C(=O)O)ccc1F. The van der Waals surface area contributed by atoms with Gasteiger partial charge in [0.2, 0.25) is 5.91 Å². The van der Waals surface area contributed by atoms with Gasteiger partial charge in [-0.25, -0.2) is 9.18 Å². The zero-order valence-electron chi connectivity index (χ0n) is 11.6. The molecule has 6 heteroatoms. The predicted molar refractivity (Wildman–Crippen MR) is 76.5 cm³/mol. The predicted octanol–water partition coefficient (Wildman–Crippen LogP) is 2.23. The molecule has 1 fully saturated rings. The molecule has 4 N–H and O–H groups in total. The van der Waals surface area contributed by atoms with Crippen LogP contribution in [0.3, 0.4) is 0 Å². The molecule has 0 spiro atoms. The van der Waals surface area contributed by atoms with Crippen LogP contribution in [0.5, 0.6) is 0 Å². The first-order valence-corrected chi connectivity index (χ1v) is 7.06. The Morgan fingerprint density at radius 3 is 2.71 bits per heavy atom. The number of anilines is 1. The van der Waals surface area contributed by atoms with Gasteiger partial charge in [0.25, 0.3) is 0 Å². The Labute approximate surface area is 122 Å². The highest BCUT2D eigenvalue weighted by atomic mass is 19.1. The van der Waals surface area contributed by atoms with Crippen molar-refractivity contribution in [2.24, 2.45) is 17.6 Å². The fraction of sp³-hybridized carbons (Fsp3) is 0.467. The molecule has 1 amide bonds. The van der Waals surface area contributed by atoms with E-state index in [1.165, 1.54) is 0 Å². The van der Waals surface area contributed by atoms with Crippen molar-refractivity contribution in [3.8, 4) is 0 Å². The van der Waals surface area contributed by atoms with E-state index in [-0.39, 0.29) is 29.0 Å². The van der Waals surface area contributed by atoms with E-state index in [1.807, 2.05) is 0 Å². The van der Waals surface area contributed by atoms with Crippen LogP contribution in [0.2, 0.25) is 0 Å². The van der Waals surface area contributed by atoms with Crippen molar-refractivity contribution < 1.29 is 19.1 Å². The van der Waals surface area contributed by atoms with Crippen molar-refractivity contribution in [1.29, 1.82) is 0 Å². The molecule has 0 saturated heterocycles. The number of aromatic carboxylic acids is 1. The Balaban J connectivity index is 2.15. The van der Waals surface area contributed by atoms with E-state index in [1.54, 1.807) is 0 Å². The standard InChI is InChI=1S/C15H19FN2O3/c16-12-6-5-9(15(20)21)7-13(12)18-14(19)11-4-2-1-3-10(11)8-17/h5-7,10-11H,1-4,8,17H2,(H,18,19)(H,20,21). The maximum atomic E-state index is 13.7. The van der Waals surface area contributed by atoms with E-state index in [0.29, 0.717) is 6.54 Å². The van der Waals surface area contributed by atoms with Crippen molar-refractivity contribution >= 4 is 17.6 Å². The number of carboxylic acids is 1. The van der Waals surface area contributed by atoms with Gasteiger partial charge in [-0.2, -0.15) is 0 Å². The number of benzene rings is 1. The largest absolute Gasteiger partial charge is 0.478 e. The van der Waals surface area contributed by atoms with Gasteiger partial charge in [-0.15, -0.1) is 0 Å². The number of nitrogens with two attached hydrogens (primary N) is 1. The quantitative estimate of drug-likeness (QED) is 0.794. The number of hydrogen-bond acceptors (Lipinski definition) is 3. The lowest BCUT2D eigenvalue weighted by atomic mass is 9.78. The number of hydrogen-bond donors (Lipinski definition) is 3. The van der Waals surface area contributed by atoms with Crippen molar-refractivity contribution in [2.75, 3.05) is 11.9 Å². The van der Waals surface area contributed by atoms with Crippen molar-refractivity contribution in [2.45, 2.75) is 25.7 Å². The van der Waals surface area contributed by atoms with Crippen LogP contribution in [0.25, 0.3) is 0 Å². The fourth-order valence-electron chi connectivity index (χ4n) is 2.81. The molecule has 1 aliphatic rings. The summed E-state index contributed by atoms with van der Waals surface area (Å²) in [5.41, 5.74) is 5.53. The highest BCUT2D eigenvalue weighted by Gasteiger charge is 2.30. The number of halogens is 1. The van der Waals surface area contributed by atoms with E-state index >= 15 is 0 Å². The molecule has 1 aromatic carbocycles. The molecule has 114 valence electrons. The molecular formula is C15H19FN2O3. The molecule has 21 heavy (non-hydrogen) atoms. The highest BCUT2D eigenvalue weighted by Crippen LogP contribution is 2.30. The smallest absolute Gasteiger partial charge is 0.335 e. The third-order valence-electron chi connectivity index (χ3n) is 4.02. The summed E-state index contributed by atoms with van der Waals surface area (Å²) < 4.78 is 13.7. The fourth-order valence-corrected chi connectivity index (χ4v) is 2.81. The topological polar surface area (TPSA) is 92.4 Å². The molecule has 2 rings (SSSR count). The number of nitrogens with one attached hydrogen (secondary N) is 1. The molecule has 2 unspecified atom stereocenters. The summed E-state index contributed by atoms with van der Waals surface area (Å²) >= 11 is 0. The summed E-state index contributed by atoms with van der Waals surface area (Å²) in [6, 6.07) is 3.34. The van der Waals surface area contributed by atoms with Gasteiger partial charge < -0.3 is 16.2 Å². The van der Waals surface area contributed by atoms with Gasteiger partial charge in [-0.1, -0.05) is 12.8 Å². The number of amides is 1. The Hall–Kier alpha value is -1.95. The second-order valence-corrected chi connectivity index (χ2v) is 5.38. The Morgan fingerprint density at radius 1 is 1.33 bits per heavy atom. The molecule has 1 aromatic rings. The third-order valence-corrected chi connectivity index (χ3v) is 4.02. The van der Waals surface area contributed by atoms with Crippen LogP contribution in [0, 0.1) is 17.7 Å². The third kappa shape index (κ3) is 3.58. The lowest BCUT2D eigenvalue weighted by molar-refractivity contribution is -0.122. The number of carbonyl (C=O) groups is 2. The number of carboxylic acid groups (broad SMARTS) is 1. The molecule has 5 nitrogen and oxygen atoms in total. The number of carbonyl (C=O) groups excluding carboxylic acids is 1. The summed E-state index contributed by atoms with van der Waals surface area (Å²) in [7, 11) is 0. The second-order valence-electron chi connectivity index (χ2n) is 5.38. The van der Waals surface area contributed by atoms with Crippen LogP contribution in [-0.4, -0.2) is 23.5 Å². The molecule has 0 heterocycles. The minimum atomic E-state index is -1.16. The lowest BCUT2D eigenvalue weighted by Crippen LogP contribution is -2.35. The average Bonchev–Trinajstić information content (AvgIpc) is 2.49. The molecule has 0 aliphatic heterocycles. The van der Waals surface area contributed by atoms with Crippen molar-refractivity contribution in [3.63, 3.8) is 0 Å². The molecule has 0 radical (unpaired) electrons. The van der Waals surface area contributed by atoms with Crippen molar-refractivity contribution in [3.05, 3.63) is 29.6 Å². The summed E-state index contributed by atoms with van der Waals surface area (Å²) in [6.45, 7) is 0.426. The first-order valence-electron chi connectivity index (χ1n) is 7.06.